The molecule has 3 aliphatic rings. The number of tetrazole rings is 1. The van der Waals surface area contributed by atoms with Crippen LogP contribution in [-0.2, 0) is 27.4 Å². The first-order valence-electron chi connectivity index (χ1n) is 27.1. The molecule has 16 nitrogen and oxygen atoms in total. The molecule has 3 aliphatic heterocycles. The molecule has 0 bridgehead atoms. The second-order valence-corrected chi connectivity index (χ2v) is 22.4. The summed E-state index contributed by atoms with van der Waals surface area (Å²) in [5, 5.41) is 42.2. The largest absolute Gasteiger partial charge is 0.494 e. The predicted octanol–water partition coefficient (Wildman–Crippen LogP) is 9.14. The van der Waals surface area contributed by atoms with Gasteiger partial charge in [-0.25, -0.2) is 13.5 Å². The van der Waals surface area contributed by atoms with Crippen molar-refractivity contribution in [2.45, 2.75) is 104 Å². The molecule has 10 rings (SSSR count). The van der Waals surface area contributed by atoms with Gasteiger partial charge in [-0.15, -0.1) is 5.10 Å². The van der Waals surface area contributed by atoms with Crippen molar-refractivity contribution in [2.24, 2.45) is 11.8 Å². The van der Waals surface area contributed by atoms with Crippen molar-refractivity contribution in [3.8, 4) is 11.1 Å². The Balaban J connectivity index is 0.000000227. The van der Waals surface area contributed by atoms with E-state index in [1.165, 1.54) is 18.0 Å². The van der Waals surface area contributed by atoms with Crippen LogP contribution in [0.15, 0.2) is 128 Å². The van der Waals surface area contributed by atoms with Crippen LogP contribution in [0.25, 0.3) is 11.1 Å². The molecule has 4 aromatic heterocycles. The topological polar surface area (TPSA) is 174 Å². The lowest BCUT2D eigenvalue weighted by Gasteiger charge is -2.37. The molecule has 3 fully saturated rings. The Labute approximate surface area is 472 Å². The van der Waals surface area contributed by atoms with Crippen molar-refractivity contribution in [3.63, 3.8) is 0 Å². The normalized spacial score (nSPS) is 17.8. The fourth-order valence-corrected chi connectivity index (χ4v) is 9.96. The molecule has 3 atom stereocenters. The van der Waals surface area contributed by atoms with Crippen LogP contribution in [-0.4, -0.2) is 121 Å². The van der Waals surface area contributed by atoms with Crippen LogP contribution in [0, 0.1) is 23.5 Å². The molecule has 0 amide bonds. The molecule has 7 aromatic rings. The van der Waals surface area contributed by atoms with Gasteiger partial charge >= 0.3 is 13.0 Å². The Morgan fingerprint density at radius 2 is 1.05 bits per heavy atom. The van der Waals surface area contributed by atoms with Crippen LogP contribution in [0.2, 0.25) is 0 Å². The minimum absolute atomic E-state index is 0. The lowest BCUT2D eigenvalue weighted by molar-refractivity contribution is -0.207. The molecule has 3 N–H and O–H groups in total. The molecule has 21 heteroatoms. The number of alkyl halides is 2. The van der Waals surface area contributed by atoms with Crippen molar-refractivity contribution in [2.75, 3.05) is 72.0 Å². The molecule has 3 aromatic carbocycles. The SMILES string of the molecule is C.CC(C)C(O)c1ccc(N2CCN(c3ccc(-c4ccc(C(F)(F)[C@](O)(Cn5cnnn5)c5ccc(F)cc5F)nc4)cc3)CC2)cn1.CC(C)C(O)c1ccc(N2CCN(c3ccc(B4OC(C)(C)C(C)(C)O4)cc3)CC2)cn1. The number of benzene rings is 3. The predicted molar refractivity (Wildman–Crippen MR) is 307 cm³/mol. The Kier molecular flexibility index (Phi) is 18.2. The van der Waals surface area contributed by atoms with Crippen molar-refractivity contribution in [1.29, 1.82) is 0 Å². The average Bonchev–Trinajstić information content (AvgIpc) is 4.00. The smallest absolute Gasteiger partial charge is 0.399 e. The number of hydrogen-bond acceptors (Lipinski definition) is 15. The van der Waals surface area contributed by atoms with Gasteiger partial charge in [-0.1, -0.05) is 65.5 Å². The van der Waals surface area contributed by atoms with Gasteiger partial charge in [0.25, 0.3) is 0 Å². The molecule has 0 spiro atoms. The van der Waals surface area contributed by atoms with Gasteiger partial charge < -0.3 is 44.2 Å². The minimum Gasteiger partial charge on any atom is -0.399 e. The highest BCUT2D eigenvalue weighted by atomic mass is 19.3. The Morgan fingerprint density at radius 1 is 0.593 bits per heavy atom. The summed E-state index contributed by atoms with van der Waals surface area (Å²) in [4.78, 5) is 22.2. The van der Waals surface area contributed by atoms with E-state index in [1.54, 1.807) is 6.20 Å². The van der Waals surface area contributed by atoms with E-state index in [2.05, 4.69) is 108 Å². The molecular weight excluding hydrogens is 1040 g/mol. The van der Waals surface area contributed by atoms with E-state index >= 15 is 8.78 Å². The molecule has 0 saturated carbocycles. The van der Waals surface area contributed by atoms with Gasteiger partial charge in [0.05, 0.1) is 65.1 Å². The first-order valence-corrected chi connectivity index (χ1v) is 27.1. The number of piperazine rings is 2. The highest BCUT2D eigenvalue weighted by Crippen LogP contribution is 2.47. The summed E-state index contributed by atoms with van der Waals surface area (Å²) in [6.07, 6.45) is 4.84. The number of halogens is 4. The maximum Gasteiger partial charge on any atom is 0.494 e. The van der Waals surface area contributed by atoms with Gasteiger partial charge in [0, 0.05) is 87.1 Å². The maximum absolute atomic E-state index is 16.1. The molecular formula is C60H74BF4N11O5. The summed E-state index contributed by atoms with van der Waals surface area (Å²) in [6.45, 7) is 22.2. The summed E-state index contributed by atoms with van der Waals surface area (Å²) >= 11 is 0. The fraction of sp³-hybridized carbons (Fsp3) is 0.433. The monoisotopic (exact) mass is 1120 g/mol. The fourth-order valence-electron chi connectivity index (χ4n) is 9.96. The van der Waals surface area contributed by atoms with E-state index in [-0.39, 0.29) is 37.6 Å². The second-order valence-electron chi connectivity index (χ2n) is 22.4. The van der Waals surface area contributed by atoms with E-state index in [1.807, 2.05) is 76.4 Å². The molecule has 7 heterocycles. The molecule has 2 unspecified atom stereocenters. The third-order valence-corrected chi connectivity index (χ3v) is 15.8. The molecule has 0 aliphatic carbocycles. The van der Waals surface area contributed by atoms with Gasteiger partial charge in [-0.05, 0) is 128 Å². The number of pyridine rings is 3. The van der Waals surface area contributed by atoms with Crippen LogP contribution >= 0.6 is 0 Å². The zero-order valence-corrected chi connectivity index (χ0v) is 46.5. The summed E-state index contributed by atoms with van der Waals surface area (Å²) in [6, 6.07) is 28.6. The Bertz CT molecular complexity index is 3110. The standard InChI is InChI=1S/C34H34F4N8O2.C25H36BN3O3.CH4/c1-22(2)32(47)30-11-9-27(19-39-30)45-15-13-44(14-16-45)26-7-3-23(4-8-26)24-5-12-31(40-18-24)34(37,38)33(48,20-46-21-41-42-43-46)28-10-6-25(35)17-29(28)36;1-18(2)23(30)22-12-11-21(17-27-22)29-15-13-28(14-16-29)20-9-7-19(8-10-20)26-31-24(3,4)25(5,6)32-26;/h3-12,17-19,21-22,32,47-48H,13-16,20H2,1-2H3;7-12,17-18,23,30H,13-16H2,1-6H3;1H4/t32?,33-;;/m0../s1. The molecule has 3 saturated heterocycles. The van der Waals surface area contributed by atoms with Crippen molar-refractivity contribution >= 4 is 35.3 Å². The third kappa shape index (κ3) is 13.0. The van der Waals surface area contributed by atoms with E-state index in [0.29, 0.717) is 17.3 Å². The van der Waals surface area contributed by atoms with Crippen molar-refractivity contribution < 1.29 is 42.2 Å². The lowest BCUT2D eigenvalue weighted by atomic mass is 9.79. The highest BCUT2D eigenvalue weighted by molar-refractivity contribution is 6.62. The van der Waals surface area contributed by atoms with E-state index in [9.17, 15) is 24.1 Å². The van der Waals surface area contributed by atoms with Crippen molar-refractivity contribution in [1.82, 2.24) is 35.2 Å². The summed E-state index contributed by atoms with van der Waals surface area (Å²) in [7, 11) is -0.324. The number of rotatable bonds is 15. The minimum atomic E-state index is -4.14. The van der Waals surface area contributed by atoms with Crippen LogP contribution in [0.3, 0.4) is 0 Å². The number of anilines is 4. The first kappa shape index (κ1) is 60.1. The van der Waals surface area contributed by atoms with E-state index < -0.39 is 53.2 Å². The zero-order valence-electron chi connectivity index (χ0n) is 46.5. The van der Waals surface area contributed by atoms with Gasteiger partial charge in [0.2, 0.25) is 0 Å². The quantitative estimate of drug-likeness (QED) is 0.0655. The first-order chi connectivity index (χ1) is 38.0. The molecule has 0 radical (unpaired) electrons. The number of aliphatic hydroxyl groups is 3. The van der Waals surface area contributed by atoms with Crippen LogP contribution in [0.1, 0.15) is 97.7 Å². The number of hydrogen-bond donors (Lipinski definition) is 3. The summed E-state index contributed by atoms with van der Waals surface area (Å²) in [5.41, 5.74) is 2.58. The highest BCUT2D eigenvalue weighted by Gasteiger charge is 2.58. The van der Waals surface area contributed by atoms with Gasteiger partial charge in [-0.2, -0.15) is 8.78 Å². The second kappa shape index (κ2) is 24.6. The number of aromatic nitrogens is 7. The summed E-state index contributed by atoms with van der Waals surface area (Å²) in [5.74, 6) is -6.23. The number of nitrogens with zero attached hydrogens (tertiary/aromatic N) is 11. The van der Waals surface area contributed by atoms with E-state index in [4.69, 9.17) is 9.31 Å². The molecule has 430 valence electrons. The average molecular weight is 1120 g/mol. The Hall–Kier alpha value is -7.04. The van der Waals surface area contributed by atoms with Crippen LogP contribution in [0.5, 0.6) is 0 Å². The van der Waals surface area contributed by atoms with Crippen LogP contribution < -0.4 is 25.1 Å². The lowest BCUT2D eigenvalue weighted by Crippen LogP contribution is -2.48. The van der Waals surface area contributed by atoms with Gasteiger partial charge in [0.15, 0.2) is 5.60 Å². The summed E-state index contributed by atoms with van der Waals surface area (Å²) < 4.78 is 73.8. The maximum atomic E-state index is 16.1. The van der Waals surface area contributed by atoms with Gasteiger partial charge in [-0.3, -0.25) is 15.0 Å². The number of aliphatic hydroxyl groups excluding tert-OH is 2. The van der Waals surface area contributed by atoms with Crippen LogP contribution in [0.4, 0.5) is 40.3 Å². The van der Waals surface area contributed by atoms with E-state index in [0.717, 1.165) is 115 Å². The third-order valence-electron chi connectivity index (χ3n) is 15.8. The Morgan fingerprint density at radius 3 is 1.46 bits per heavy atom. The van der Waals surface area contributed by atoms with Gasteiger partial charge in [0.1, 0.15) is 23.7 Å². The zero-order chi connectivity index (χ0) is 57.1. The molecule has 81 heavy (non-hydrogen) atoms. The van der Waals surface area contributed by atoms with Crippen molar-refractivity contribution in [3.05, 3.63) is 162 Å².